The lowest BCUT2D eigenvalue weighted by atomic mass is 10.2. The second kappa shape index (κ2) is 5.94. The summed E-state index contributed by atoms with van der Waals surface area (Å²) in [6, 6.07) is 9.70. The molecule has 5 heteroatoms. The lowest BCUT2D eigenvalue weighted by Gasteiger charge is -2.23. The molecule has 0 saturated heterocycles. The summed E-state index contributed by atoms with van der Waals surface area (Å²) in [5, 5.41) is 2.02. The van der Waals surface area contributed by atoms with Crippen LogP contribution in [0.15, 0.2) is 41.9 Å². The molecule has 0 aliphatic rings. The fraction of sp³-hybridized carbons (Fsp3) is 0.357. The zero-order valence-electron chi connectivity index (χ0n) is 11.3. The van der Waals surface area contributed by atoms with Gasteiger partial charge in [0.15, 0.2) is 0 Å². The first-order valence-electron chi connectivity index (χ1n) is 6.11. The van der Waals surface area contributed by atoms with E-state index < -0.39 is 11.0 Å². The van der Waals surface area contributed by atoms with Crippen LogP contribution in [0.4, 0.5) is 0 Å². The minimum absolute atomic E-state index is 0.124. The average Bonchev–Trinajstić information content (AvgIpc) is 2.89. The molecule has 102 valence electrons. The predicted octanol–water partition coefficient (Wildman–Crippen LogP) is 3.28. The molecule has 1 N–H and O–H groups in total. The predicted molar refractivity (Wildman–Crippen MR) is 81.4 cm³/mol. The van der Waals surface area contributed by atoms with E-state index in [1.165, 1.54) is 0 Å². The fourth-order valence-corrected chi connectivity index (χ4v) is 3.23. The highest BCUT2D eigenvalue weighted by Gasteiger charge is 2.25. The molecule has 0 radical (unpaired) electrons. The summed E-state index contributed by atoms with van der Waals surface area (Å²) in [7, 11) is -1.14. The maximum absolute atomic E-state index is 12.3. The molecule has 2 aromatic rings. The number of hydrogen-bond acceptors (Lipinski definition) is 3. The topological polar surface area (TPSA) is 42.0 Å². The second-order valence-corrected chi connectivity index (χ2v) is 8.18. The molecule has 0 amide bonds. The first kappa shape index (κ1) is 14.4. The summed E-state index contributed by atoms with van der Waals surface area (Å²) < 4.78 is 15.2. The van der Waals surface area contributed by atoms with Crippen LogP contribution >= 0.6 is 11.3 Å². The third-order valence-corrected chi connectivity index (χ3v) is 5.09. The average molecular weight is 294 g/mol. The van der Waals surface area contributed by atoms with Crippen molar-refractivity contribution < 1.29 is 4.21 Å². The van der Waals surface area contributed by atoms with Gasteiger partial charge in [0.05, 0.1) is 27.5 Å². The van der Waals surface area contributed by atoms with Gasteiger partial charge in [-0.05, 0) is 44.4 Å². The minimum Gasteiger partial charge on any atom is -0.259 e. The van der Waals surface area contributed by atoms with E-state index in [2.05, 4.69) is 9.71 Å². The summed E-state index contributed by atoms with van der Waals surface area (Å²) in [5.41, 5.74) is 0.891. The number of hydrogen-bond donors (Lipinski definition) is 1. The monoisotopic (exact) mass is 294 g/mol. The second-order valence-electron chi connectivity index (χ2n) is 5.20. The van der Waals surface area contributed by atoms with Crippen molar-refractivity contribution in [1.82, 2.24) is 9.71 Å². The van der Waals surface area contributed by atoms with Crippen LogP contribution in [0.2, 0.25) is 0 Å². The molecular formula is C14H18N2OS2. The highest BCUT2D eigenvalue weighted by atomic mass is 32.2. The van der Waals surface area contributed by atoms with Crippen LogP contribution in [0, 0.1) is 0 Å². The van der Waals surface area contributed by atoms with E-state index in [9.17, 15) is 4.21 Å². The van der Waals surface area contributed by atoms with Crippen LogP contribution in [0.1, 0.15) is 37.4 Å². The molecule has 1 unspecified atom stereocenters. The standard InChI is InChI=1S/C14H18N2OS2/c1-14(2,3)19(17)16-13(12-8-6-10-18-12)11-7-4-5-9-15-11/h4-10,13,16H,1-3H3/t13-,19?/m0/s1. The number of pyridine rings is 1. The van der Waals surface area contributed by atoms with Crippen molar-refractivity contribution in [1.29, 1.82) is 0 Å². The van der Waals surface area contributed by atoms with Crippen molar-refractivity contribution in [2.24, 2.45) is 0 Å². The van der Waals surface area contributed by atoms with Crippen LogP contribution in [0.3, 0.4) is 0 Å². The summed E-state index contributed by atoms with van der Waals surface area (Å²) in [5.74, 6) is 0. The number of nitrogens with one attached hydrogen (secondary N) is 1. The number of nitrogens with zero attached hydrogens (tertiary/aromatic N) is 1. The van der Waals surface area contributed by atoms with Gasteiger partial charge in [-0.1, -0.05) is 12.1 Å². The molecule has 2 heterocycles. The van der Waals surface area contributed by atoms with Gasteiger partial charge in [-0.25, -0.2) is 8.93 Å². The van der Waals surface area contributed by atoms with Crippen LogP contribution in [0.5, 0.6) is 0 Å². The van der Waals surface area contributed by atoms with E-state index in [4.69, 9.17) is 0 Å². The number of rotatable bonds is 4. The van der Waals surface area contributed by atoms with Gasteiger partial charge < -0.3 is 0 Å². The first-order valence-corrected chi connectivity index (χ1v) is 8.14. The molecular weight excluding hydrogens is 276 g/mol. The largest absolute Gasteiger partial charge is 0.259 e. The highest BCUT2D eigenvalue weighted by Crippen LogP contribution is 2.26. The Morgan fingerprint density at radius 1 is 1.26 bits per heavy atom. The quantitative estimate of drug-likeness (QED) is 0.940. The molecule has 2 atom stereocenters. The van der Waals surface area contributed by atoms with Crippen molar-refractivity contribution in [2.75, 3.05) is 0 Å². The Kier molecular flexibility index (Phi) is 4.50. The minimum atomic E-state index is -1.14. The van der Waals surface area contributed by atoms with E-state index >= 15 is 0 Å². The van der Waals surface area contributed by atoms with Gasteiger partial charge in [0.1, 0.15) is 0 Å². The van der Waals surface area contributed by atoms with Crippen molar-refractivity contribution in [3.63, 3.8) is 0 Å². The molecule has 19 heavy (non-hydrogen) atoms. The molecule has 3 nitrogen and oxygen atoms in total. The van der Waals surface area contributed by atoms with Gasteiger partial charge in [0.25, 0.3) is 0 Å². The maximum Gasteiger partial charge on any atom is 0.0979 e. The molecule has 2 aromatic heterocycles. The van der Waals surface area contributed by atoms with Crippen LogP contribution in [0.25, 0.3) is 0 Å². The first-order chi connectivity index (χ1) is 8.98. The summed E-state index contributed by atoms with van der Waals surface area (Å²) in [6.45, 7) is 5.88. The van der Waals surface area contributed by atoms with Gasteiger partial charge in [0, 0.05) is 11.1 Å². The molecule has 0 aromatic carbocycles. The van der Waals surface area contributed by atoms with Crippen LogP contribution in [-0.4, -0.2) is 13.9 Å². The molecule has 0 fully saturated rings. The summed E-state index contributed by atoms with van der Waals surface area (Å²) in [4.78, 5) is 5.50. The molecule has 0 saturated carbocycles. The Hall–Kier alpha value is -1.04. The Morgan fingerprint density at radius 3 is 2.58 bits per heavy atom. The third-order valence-electron chi connectivity index (χ3n) is 2.59. The van der Waals surface area contributed by atoms with E-state index in [0.29, 0.717) is 0 Å². The Morgan fingerprint density at radius 2 is 2.05 bits per heavy atom. The summed E-state index contributed by atoms with van der Waals surface area (Å²) >= 11 is 1.64. The van der Waals surface area contributed by atoms with Crippen molar-refractivity contribution >= 4 is 22.3 Å². The SMILES string of the molecule is CC(C)(C)S(=O)N[C@@H](c1ccccn1)c1cccs1. The Labute approximate surface area is 120 Å². The zero-order valence-corrected chi connectivity index (χ0v) is 12.9. The van der Waals surface area contributed by atoms with Gasteiger partial charge in [-0.15, -0.1) is 11.3 Å². The molecule has 0 aliphatic heterocycles. The lowest BCUT2D eigenvalue weighted by Crippen LogP contribution is -2.36. The van der Waals surface area contributed by atoms with Crippen molar-refractivity contribution in [3.05, 3.63) is 52.5 Å². The molecule has 2 rings (SSSR count). The van der Waals surface area contributed by atoms with Crippen LogP contribution in [-0.2, 0) is 11.0 Å². The van der Waals surface area contributed by atoms with Crippen LogP contribution < -0.4 is 4.72 Å². The molecule has 0 spiro atoms. The number of thiophene rings is 1. The van der Waals surface area contributed by atoms with Gasteiger partial charge >= 0.3 is 0 Å². The Bertz CT molecular complexity index is 532. The van der Waals surface area contributed by atoms with Crippen molar-refractivity contribution in [2.45, 2.75) is 31.6 Å². The van der Waals surface area contributed by atoms with E-state index in [0.717, 1.165) is 10.6 Å². The Balaban J connectivity index is 2.29. The summed E-state index contributed by atoms with van der Waals surface area (Å²) in [6.07, 6.45) is 1.76. The fourth-order valence-electron chi connectivity index (χ4n) is 1.55. The highest BCUT2D eigenvalue weighted by molar-refractivity contribution is 7.84. The lowest BCUT2D eigenvalue weighted by molar-refractivity contribution is 0.622. The van der Waals surface area contributed by atoms with Gasteiger partial charge in [0.2, 0.25) is 0 Å². The normalized spacial score (nSPS) is 15.1. The third kappa shape index (κ3) is 3.72. The zero-order chi connectivity index (χ0) is 13.9. The molecule has 0 aliphatic carbocycles. The van der Waals surface area contributed by atoms with E-state index in [-0.39, 0.29) is 10.8 Å². The van der Waals surface area contributed by atoms with E-state index in [1.54, 1.807) is 17.5 Å². The number of aromatic nitrogens is 1. The van der Waals surface area contributed by atoms with Gasteiger partial charge in [-0.2, -0.15) is 0 Å². The maximum atomic E-state index is 12.3. The van der Waals surface area contributed by atoms with E-state index in [1.807, 2.05) is 56.5 Å². The van der Waals surface area contributed by atoms with Crippen molar-refractivity contribution in [3.8, 4) is 0 Å². The smallest absolute Gasteiger partial charge is 0.0979 e. The molecule has 0 bridgehead atoms. The van der Waals surface area contributed by atoms with Gasteiger partial charge in [-0.3, -0.25) is 4.98 Å².